The fraction of sp³-hybridized carbons (Fsp3) is 0.838. The lowest BCUT2D eigenvalue weighted by molar-refractivity contribution is -0.123. The summed E-state index contributed by atoms with van der Waals surface area (Å²) in [5, 5.41) is 23.3. The van der Waals surface area contributed by atoms with Crippen molar-refractivity contribution in [3.05, 3.63) is 72.9 Å². The summed E-state index contributed by atoms with van der Waals surface area (Å²) in [7, 11) is 0. The lowest BCUT2D eigenvalue weighted by Crippen LogP contribution is -2.45. The van der Waals surface area contributed by atoms with Crippen molar-refractivity contribution in [2.75, 3.05) is 6.61 Å². The molecule has 0 spiro atoms. The normalized spacial score (nSPS) is 13.0. The van der Waals surface area contributed by atoms with Crippen LogP contribution in [-0.2, 0) is 4.79 Å². The maximum Gasteiger partial charge on any atom is 0.220 e. The van der Waals surface area contributed by atoms with Crippen LogP contribution in [0, 0.1) is 0 Å². The van der Waals surface area contributed by atoms with E-state index in [-0.39, 0.29) is 12.5 Å². The first-order valence-electron chi connectivity index (χ1n) is 38.2. The first kappa shape index (κ1) is 81.8. The molecule has 3 N–H and O–H groups in total. The van der Waals surface area contributed by atoms with Gasteiger partial charge >= 0.3 is 0 Å². The molecule has 0 aliphatic carbocycles. The minimum absolute atomic E-state index is 0.0659. The van der Waals surface area contributed by atoms with Crippen molar-refractivity contribution in [3.8, 4) is 0 Å². The Kier molecular flexibility index (Phi) is 73.1. The molecule has 0 heterocycles. The van der Waals surface area contributed by atoms with Crippen molar-refractivity contribution in [3.63, 3.8) is 0 Å². The standard InChI is InChI=1S/C80H149NO3/c1-3-5-7-9-11-13-15-17-19-21-23-25-27-29-31-33-35-36-37-38-39-40-41-42-43-44-46-48-50-52-54-56-58-60-62-64-66-68-70-72-74-76-80(84)81-78(77-82)79(83)75-73-71-69-67-65-63-61-59-57-55-53-51-49-47-45-34-32-30-28-26-24-22-20-18-16-14-12-10-8-6-4-2/h5,7,11,13,17,19,23,25,65,67,73,75,78-79,82-83H,3-4,6,8-10,12,14-16,18,20-22,24,26-64,66,68-72,74,76-77H2,1-2H3,(H,81,84)/b7-5-,13-11-,19-17-,25-23-,67-65+,75-73+. The Balaban J connectivity index is 3.42. The molecule has 0 aromatic heterocycles. The molecule has 0 aliphatic heterocycles. The summed E-state index contributed by atoms with van der Waals surface area (Å²) in [6, 6.07) is -0.641. The van der Waals surface area contributed by atoms with E-state index in [1.165, 1.54) is 334 Å². The molecule has 0 radical (unpaired) electrons. The summed E-state index contributed by atoms with van der Waals surface area (Å²) in [6.07, 6.45) is 109. The van der Waals surface area contributed by atoms with Crippen LogP contribution in [0.4, 0.5) is 0 Å². The van der Waals surface area contributed by atoms with Crippen molar-refractivity contribution in [1.82, 2.24) is 5.32 Å². The van der Waals surface area contributed by atoms with Crippen molar-refractivity contribution in [1.29, 1.82) is 0 Å². The Labute approximate surface area is 527 Å². The van der Waals surface area contributed by atoms with Crippen molar-refractivity contribution < 1.29 is 15.0 Å². The van der Waals surface area contributed by atoms with Crippen molar-refractivity contribution >= 4 is 5.91 Å². The van der Waals surface area contributed by atoms with E-state index < -0.39 is 12.1 Å². The molecule has 1 amide bonds. The molecule has 4 nitrogen and oxygen atoms in total. The van der Waals surface area contributed by atoms with Gasteiger partial charge in [0.1, 0.15) is 0 Å². The molecule has 0 fully saturated rings. The molecule has 2 atom stereocenters. The van der Waals surface area contributed by atoms with E-state index in [1.54, 1.807) is 6.08 Å². The Bertz CT molecular complexity index is 1420. The average Bonchev–Trinajstić information content (AvgIpc) is 3.51. The third kappa shape index (κ3) is 70.6. The molecule has 0 saturated carbocycles. The Morgan fingerprint density at radius 3 is 0.833 bits per heavy atom. The number of hydrogen-bond acceptors (Lipinski definition) is 3. The average molecular weight is 1170 g/mol. The lowest BCUT2D eigenvalue weighted by atomic mass is 10.0. The molecule has 4 heteroatoms. The maximum absolute atomic E-state index is 12.6. The minimum Gasteiger partial charge on any atom is -0.394 e. The van der Waals surface area contributed by atoms with Gasteiger partial charge in [-0.1, -0.05) is 408 Å². The predicted molar refractivity (Wildman–Crippen MR) is 377 cm³/mol. The zero-order valence-corrected chi connectivity index (χ0v) is 56.9. The van der Waals surface area contributed by atoms with E-state index in [4.69, 9.17) is 0 Å². The number of nitrogens with one attached hydrogen (secondary N) is 1. The summed E-state index contributed by atoms with van der Waals surface area (Å²) in [6.45, 7) is 4.23. The molecule has 0 aromatic rings. The van der Waals surface area contributed by atoms with Crippen molar-refractivity contribution in [2.24, 2.45) is 0 Å². The topological polar surface area (TPSA) is 69.6 Å². The maximum atomic E-state index is 12.6. The van der Waals surface area contributed by atoms with Gasteiger partial charge in [-0.25, -0.2) is 0 Å². The number of unbranched alkanes of at least 4 members (excludes halogenated alkanes) is 54. The zero-order chi connectivity index (χ0) is 60.5. The van der Waals surface area contributed by atoms with Crippen LogP contribution in [0.15, 0.2) is 72.9 Å². The smallest absolute Gasteiger partial charge is 0.220 e. The number of aliphatic hydroxyl groups is 2. The number of carbonyl (C=O) groups is 1. The fourth-order valence-corrected chi connectivity index (χ4v) is 12.0. The number of rotatable bonds is 71. The van der Waals surface area contributed by atoms with Gasteiger partial charge in [0.2, 0.25) is 5.91 Å². The fourth-order valence-electron chi connectivity index (χ4n) is 12.0. The molecule has 492 valence electrons. The summed E-state index contributed by atoms with van der Waals surface area (Å²) in [5.41, 5.74) is 0. The zero-order valence-electron chi connectivity index (χ0n) is 56.9. The van der Waals surface area contributed by atoms with Gasteiger partial charge in [-0.2, -0.15) is 0 Å². The van der Waals surface area contributed by atoms with Gasteiger partial charge in [0, 0.05) is 6.42 Å². The number of amides is 1. The Morgan fingerprint density at radius 2 is 0.536 bits per heavy atom. The highest BCUT2D eigenvalue weighted by atomic mass is 16.3. The highest BCUT2D eigenvalue weighted by molar-refractivity contribution is 5.76. The third-order valence-electron chi connectivity index (χ3n) is 17.7. The molecule has 0 aliphatic rings. The van der Waals surface area contributed by atoms with Crippen LogP contribution in [0.1, 0.15) is 412 Å². The highest BCUT2D eigenvalue weighted by Crippen LogP contribution is 2.19. The highest BCUT2D eigenvalue weighted by Gasteiger charge is 2.18. The molecule has 0 saturated heterocycles. The summed E-state index contributed by atoms with van der Waals surface area (Å²) >= 11 is 0. The van der Waals surface area contributed by atoms with Gasteiger partial charge in [0.15, 0.2) is 0 Å². The molecular formula is C80H149NO3. The van der Waals surface area contributed by atoms with E-state index >= 15 is 0 Å². The second-order valence-electron chi connectivity index (χ2n) is 26.0. The summed E-state index contributed by atoms with van der Waals surface area (Å²) < 4.78 is 0. The lowest BCUT2D eigenvalue weighted by Gasteiger charge is -2.19. The summed E-state index contributed by atoms with van der Waals surface area (Å²) in [4.78, 5) is 12.6. The van der Waals surface area contributed by atoms with E-state index in [2.05, 4.69) is 79.9 Å². The van der Waals surface area contributed by atoms with Crippen LogP contribution in [0.25, 0.3) is 0 Å². The predicted octanol–water partition coefficient (Wildman–Crippen LogP) is 26.4. The van der Waals surface area contributed by atoms with Crippen molar-refractivity contribution in [2.45, 2.75) is 424 Å². The summed E-state index contributed by atoms with van der Waals surface area (Å²) in [5.74, 6) is -0.0659. The largest absolute Gasteiger partial charge is 0.394 e. The van der Waals surface area contributed by atoms with Gasteiger partial charge in [-0.05, 0) is 70.6 Å². The first-order chi connectivity index (χ1) is 41.7. The van der Waals surface area contributed by atoms with Crippen LogP contribution < -0.4 is 5.32 Å². The molecule has 0 aromatic carbocycles. The van der Waals surface area contributed by atoms with Crippen LogP contribution in [0.2, 0.25) is 0 Å². The van der Waals surface area contributed by atoms with Crippen LogP contribution in [0.5, 0.6) is 0 Å². The van der Waals surface area contributed by atoms with Crippen LogP contribution >= 0.6 is 0 Å². The van der Waals surface area contributed by atoms with Gasteiger partial charge in [0.05, 0.1) is 18.8 Å². The monoisotopic (exact) mass is 1170 g/mol. The van der Waals surface area contributed by atoms with E-state index in [0.717, 1.165) is 57.8 Å². The first-order valence-corrected chi connectivity index (χ1v) is 38.2. The number of carbonyl (C=O) groups excluding carboxylic acids is 1. The Hall–Kier alpha value is -2.17. The SMILES string of the molecule is CC/C=C\C/C=C\C/C=C\C/C=C\CCCCCCCCCCCCCCCCCCCCCCCCCCCCCCC(=O)NC(CO)C(O)/C=C/CC/C=C/CCCCCCCCCCCCCCCCCCCCCCCCCCC. The van der Waals surface area contributed by atoms with E-state index in [1.807, 2.05) is 6.08 Å². The van der Waals surface area contributed by atoms with Crippen LogP contribution in [-0.4, -0.2) is 34.9 Å². The van der Waals surface area contributed by atoms with Crippen LogP contribution in [0.3, 0.4) is 0 Å². The van der Waals surface area contributed by atoms with Gasteiger partial charge < -0.3 is 15.5 Å². The van der Waals surface area contributed by atoms with E-state index in [0.29, 0.717) is 6.42 Å². The van der Waals surface area contributed by atoms with E-state index in [9.17, 15) is 15.0 Å². The van der Waals surface area contributed by atoms with Gasteiger partial charge in [0.25, 0.3) is 0 Å². The quantitative estimate of drug-likeness (QED) is 0.0420. The third-order valence-corrected chi connectivity index (χ3v) is 17.7. The second kappa shape index (κ2) is 75.1. The molecule has 2 unspecified atom stereocenters. The Morgan fingerprint density at radius 1 is 0.298 bits per heavy atom. The minimum atomic E-state index is -0.865. The molecule has 0 rings (SSSR count). The van der Waals surface area contributed by atoms with Gasteiger partial charge in [-0.15, -0.1) is 0 Å². The number of aliphatic hydroxyl groups excluding tert-OH is 2. The molecule has 0 bridgehead atoms. The number of allylic oxidation sites excluding steroid dienone is 11. The van der Waals surface area contributed by atoms with Gasteiger partial charge in [-0.3, -0.25) is 4.79 Å². The molecular weight excluding hydrogens is 1020 g/mol. The number of hydrogen-bond donors (Lipinski definition) is 3. The molecule has 84 heavy (non-hydrogen) atoms. The second-order valence-corrected chi connectivity index (χ2v) is 26.0.